The van der Waals surface area contributed by atoms with E-state index in [9.17, 15) is 0 Å². The van der Waals surface area contributed by atoms with E-state index in [0.717, 1.165) is 0 Å². The number of rotatable bonds is 6. The lowest BCUT2D eigenvalue weighted by atomic mass is 10.4. The van der Waals surface area contributed by atoms with Crippen LogP contribution in [0.2, 0.25) is 38.8 Å². The fraction of sp³-hybridized carbons (Fsp3) is 1.00. The molecule has 1 saturated heterocycles. The van der Waals surface area contributed by atoms with Crippen LogP contribution in [0, 0.1) is 0 Å². The zero-order chi connectivity index (χ0) is 12.2. The summed E-state index contributed by atoms with van der Waals surface area (Å²) in [4.78, 5) is 2.61. The molecule has 0 unspecified atom stereocenters. The zero-order valence-electron chi connectivity index (χ0n) is 11.8. The summed E-state index contributed by atoms with van der Waals surface area (Å²) in [6.45, 7) is 15.6. The van der Waals surface area contributed by atoms with Crippen LogP contribution in [-0.2, 0) is 4.12 Å². The zero-order valence-corrected chi connectivity index (χ0v) is 13.8. The summed E-state index contributed by atoms with van der Waals surface area (Å²) in [6.07, 6.45) is 4.15. The van der Waals surface area contributed by atoms with Crippen molar-refractivity contribution < 1.29 is 4.12 Å². The first-order valence-corrected chi connectivity index (χ1v) is 13.2. The van der Waals surface area contributed by atoms with Gasteiger partial charge in [-0.3, -0.25) is 0 Å². The second-order valence-electron chi connectivity index (χ2n) is 6.63. The van der Waals surface area contributed by atoms with Crippen LogP contribution in [0.4, 0.5) is 0 Å². The molecule has 0 aliphatic carbocycles. The van der Waals surface area contributed by atoms with Crippen LogP contribution in [0.15, 0.2) is 0 Å². The Labute approximate surface area is 104 Å². The van der Waals surface area contributed by atoms with Gasteiger partial charge in [0.15, 0.2) is 16.6 Å². The van der Waals surface area contributed by atoms with Gasteiger partial charge in [0.2, 0.25) is 0 Å². The number of nitrogens with zero attached hydrogens (tertiary/aromatic N) is 1. The fourth-order valence-corrected chi connectivity index (χ4v) is 10.7. The molecule has 0 radical (unpaired) electrons. The number of hydrogen-bond acceptors (Lipinski definition) is 2. The standard InChI is InChI=1S/C12H29NOSi2/c1-15(2,3)14-16(4,5)12-8-11-13-9-6-7-10-13/h6-12H2,1-5H3. The Kier molecular flexibility index (Phi) is 5.23. The molecule has 1 rings (SSSR count). The average Bonchev–Trinajstić information content (AvgIpc) is 2.51. The van der Waals surface area contributed by atoms with Crippen LogP contribution in [-0.4, -0.2) is 41.2 Å². The molecule has 0 aromatic heterocycles. The minimum absolute atomic E-state index is 1.30. The Morgan fingerprint density at radius 1 is 1.00 bits per heavy atom. The molecule has 1 heterocycles. The van der Waals surface area contributed by atoms with Gasteiger partial charge in [0.05, 0.1) is 0 Å². The van der Waals surface area contributed by atoms with Crippen molar-refractivity contribution in [1.82, 2.24) is 4.90 Å². The van der Waals surface area contributed by atoms with E-state index in [4.69, 9.17) is 4.12 Å². The van der Waals surface area contributed by atoms with Crippen molar-refractivity contribution in [2.24, 2.45) is 0 Å². The molecule has 0 aromatic rings. The van der Waals surface area contributed by atoms with Crippen molar-refractivity contribution in [3.63, 3.8) is 0 Å². The second kappa shape index (κ2) is 5.80. The molecule has 0 bridgehead atoms. The summed E-state index contributed by atoms with van der Waals surface area (Å²) >= 11 is 0. The quantitative estimate of drug-likeness (QED) is 0.677. The third-order valence-electron chi connectivity index (χ3n) is 3.03. The van der Waals surface area contributed by atoms with Crippen LogP contribution in [0.25, 0.3) is 0 Å². The van der Waals surface area contributed by atoms with Gasteiger partial charge in [-0.1, -0.05) is 0 Å². The molecule has 0 atom stereocenters. The molecular formula is C12H29NOSi2. The van der Waals surface area contributed by atoms with Crippen LogP contribution in [0.3, 0.4) is 0 Å². The van der Waals surface area contributed by atoms with E-state index in [1.54, 1.807) is 0 Å². The average molecular weight is 260 g/mol. The smallest absolute Gasteiger partial charge is 0.173 e. The largest absolute Gasteiger partial charge is 0.456 e. The van der Waals surface area contributed by atoms with Crippen LogP contribution in [0.5, 0.6) is 0 Å². The minimum Gasteiger partial charge on any atom is -0.456 e. The predicted molar refractivity (Wildman–Crippen MR) is 77.0 cm³/mol. The Morgan fingerprint density at radius 2 is 1.56 bits per heavy atom. The van der Waals surface area contributed by atoms with E-state index in [2.05, 4.69) is 37.6 Å². The highest BCUT2D eigenvalue weighted by Gasteiger charge is 2.29. The maximum Gasteiger partial charge on any atom is 0.173 e. The lowest BCUT2D eigenvalue weighted by Gasteiger charge is -2.32. The van der Waals surface area contributed by atoms with Gasteiger partial charge < -0.3 is 9.02 Å². The Balaban J connectivity index is 2.19. The molecule has 1 fully saturated rings. The van der Waals surface area contributed by atoms with Crippen molar-refractivity contribution in [3.8, 4) is 0 Å². The first-order valence-electron chi connectivity index (χ1n) is 6.71. The van der Waals surface area contributed by atoms with Crippen molar-refractivity contribution in [1.29, 1.82) is 0 Å². The fourth-order valence-electron chi connectivity index (χ4n) is 2.61. The first-order chi connectivity index (χ1) is 7.29. The van der Waals surface area contributed by atoms with E-state index in [0.29, 0.717) is 0 Å². The molecule has 0 amide bonds. The molecule has 0 spiro atoms. The van der Waals surface area contributed by atoms with E-state index in [1.165, 1.54) is 44.9 Å². The van der Waals surface area contributed by atoms with Gasteiger partial charge >= 0.3 is 0 Å². The van der Waals surface area contributed by atoms with E-state index >= 15 is 0 Å². The van der Waals surface area contributed by atoms with E-state index in [-0.39, 0.29) is 0 Å². The van der Waals surface area contributed by atoms with Gasteiger partial charge in [0.25, 0.3) is 0 Å². The highest BCUT2D eigenvalue weighted by atomic mass is 28.4. The maximum atomic E-state index is 6.35. The van der Waals surface area contributed by atoms with Crippen molar-refractivity contribution in [2.75, 3.05) is 19.6 Å². The van der Waals surface area contributed by atoms with Crippen molar-refractivity contribution in [3.05, 3.63) is 0 Å². The normalized spacial score (nSPS) is 19.3. The molecule has 96 valence electrons. The molecular weight excluding hydrogens is 230 g/mol. The third kappa shape index (κ3) is 6.18. The number of hydrogen-bond donors (Lipinski definition) is 0. The van der Waals surface area contributed by atoms with Gasteiger partial charge in [-0.25, -0.2) is 0 Å². The summed E-state index contributed by atoms with van der Waals surface area (Å²) in [5, 5.41) is 0. The molecule has 0 aromatic carbocycles. The van der Waals surface area contributed by atoms with Crippen molar-refractivity contribution >= 4 is 16.6 Å². The molecule has 0 N–H and O–H groups in total. The first kappa shape index (κ1) is 14.4. The van der Waals surface area contributed by atoms with E-state index in [1.807, 2.05) is 0 Å². The van der Waals surface area contributed by atoms with Crippen LogP contribution in [0.1, 0.15) is 19.3 Å². The molecule has 4 heteroatoms. The Morgan fingerprint density at radius 3 is 2.06 bits per heavy atom. The van der Waals surface area contributed by atoms with Crippen LogP contribution < -0.4 is 0 Å². The number of likely N-dealkylation sites (tertiary alicyclic amines) is 1. The highest BCUT2D eigenvalue weighted by Crippen LogP contribution is 2.20. The third-order valence-corrected chi connectivity index (χ3v) is 9.25. The monoisotopic (exact) mass is 259 g/mol. The molecule has 16 heavy (non-hydrogen) atoms. The second-order valence-corrected chi connectivity index (χ2v) is 15.7. The summed E-state index contributed by atoms with van der Waals surface area (Å²) in [5.74, 6) is 0. The minimum atomic E-state index is -1.38. The molecule has 1 aliphatic rings. The highest BCUT2D eigenvalue weighted by molar-refractivity contribution is 6.84. The summed E-state index contributed by atoms with van der Waals surface area (Å²) in [5.41, 5.74) is 0. The van der Waals surface area contributed by atoms with Gasteiger partial charge in [-0.05, 0) is 77.7 Å². The topological polar surface area (TPSA) is 12.5 Å². The SMILES string of the molecule is C[Si](C)(C)O[Si](C)(C)CCCN1CCCC1. The maximum absolute atomic E-state index is 6.35. The summed E-state index contributed by atoms with van der Waals surface area (Å²) in [6, 6.07) is 1.33. The van der Waals surface area contributed by atoms with Gasteiger partial charge in [-0.15, -0.1) is 0 Å². The lowest BCUT2D eigenvalue weighted by molar-refractivity contribution is 0.337. The van der Waals surface area contributed by atoms with Crippen LogP contribution >= 0.6 is 0 Å². The van der Waals surface area contributed by atoms with Crippen molar-refractivity contribution in [2.45, 2.75) is 58.0 Å². The van der Waals surface area contributed by atoms with Gasteiger partial charge in [0.1, 0.15) is 0 Å². The Bertz CT molecular complexity index is 208. The predicted octanol–water partition coefficient (Wildman–Crippen LogP) is 3.53. The van der Waals surface area contributed by atoms with E-state index < -0.39 is 16.6 Å². The molecule has 0 saturated carbocycles. The van der Waals surface area contributed by atoms with Gasteiger partial charge in [0, 0.05) is 0 Å². The lowest BCUT2D eigenvalue weighted by Crippen LogP contribution is -2.42. The van der Waals surface area contributed by atoms with Gasteiger partial charge in [-0.2, -0.15) is 0 Å². The Hall–Kier alpha value is 0.354. The molecule has 1 aliphatic heterocycles. The summed E-state index contributed by atoms with van der Waals surface area (Å²) in [7, 11) is -2.70. The summed E-state index contributed by atoms with van der Waals surface area (Å²) < 4.78 is 6.35. The molecule has 2 nitrogen and oxygen atoms in total.